The molecule has 106 valence electrons. The second-order valence-electron chi connectivity index (χ2n) is 5.31. The maximum Gasteiger partial charge on any atom is 0.295 e. The van der Waals surface area contributed by atoms with E-state index in [-0.39, 0.29) is 16.9 Å². The molecular formula is C13H14BrFN4O. The molecule has 0 spiro atoms. The number of H-pyrrole nitrogens is 1. The molecule has 7 heteroatoms. The van der Waals surface area contributed by atoms with Gasteiger partial charge in [-0.3, -0.25) is 9.89 Å². The lowest BCUT2D eigenvalue weighted by Crippen LogP contribution is -2.17. The second kappa shape index (κ2) is 5.32. The predicted octanol–water partition coefficient (Wildman–Crippen LogP) is 3.26. The number of anilines is 1. The van der Waals surface area contributed by atoms with E-state index in [0.717, 1.165) is 0 Å². The lowest BCUT2D eigenvalue weighted by Gasteiger charge is -2.12. The SMILES string of the molecule is CC(C)(C)c1nc(C(=O)Nc2c(F)cccc2Br)n[nH]1. The minimum absolute atomic E-state index is 0.0231. The van der Waals surface area contributed by atoms with Gasteiger partial charge in [0, 0.05) is 9.89 Å². The van der Waals surface area contributed by atoms with Crippen LogP contribution in [-0.4, -0.2) is 21.1 Å². The van der Waals surface area contributed by atoms with Gasteiger partial charge in [-0.15, -0.1) is 5.10 Å². The minimum atomic E-state index is -0.567. The van der Waals surface area contributed by atoms with E-state index in [9.17, 15) is 9.18 Å². The van der Waals surface area contributed by atoms with E-state index in [4.69, 9.17) is 0 Å². The topological polar surface area (TPSA) is 70.7 Å². The number of rotatable bonds is 2. The predicted molar refractivity (Wildman–Crippen MR) is 77.1 cm³/mol. The Bertz CT molecular complexity index is 628. The highest BCUT2D eigenvalue weighted by Crippen LogP contribution is 2.25. The number of hydrogen-bond donors (Lipinski definition) is 2. The van der Waals surface area contributed by atoms with E-state index in [1.807, 2.05) is 20.8 Å². The molecule has 0 saturated carbocycles. The van der Waals surface area contributed by atoms with Crippen molar-refractivity contribution in [1.82, 2.24) is 15.2 Å². The summed E-state index contributed by atoms with van der Waals surface area (Å²) in [4.78, 5) is 16.1. The Balaban J connectivity index is 2.23. The highest BCUT2D eigenvalue weighted by atomic mass is 79.9. The number of aromatic nitrogens is 3. The van der Waals surface area contributed by atoms with Crippen LogP contribution < -0.4 is 5.32 Å². The first-order valence-electron chi connectivity index (χ1n) is 5.97. The molecule has 0 aliphatic carbocycles. The van der Waals surface area contributed by atoms with Gasteiger partial charge < -0.3 is 5.32 Å². The summed E-state index contributed by atoms with van der Waals surface area (Å²) in [5.41, 5.74) is -0.177. The van der Waals surface area contributed by atoms with E-state index in [2.05, 4.69) is 36.4 Å². The van der Waals surface area contributed by atoms with Crippen molar-refractivity contribution < 1.29 is 9.18 Å². The van der Waals surface area contributed by atoms with Crippen LogP contribution in [0.4, 0.5) is 10.1 Å². The molecule has 2 aromatic rings. The molecule has 20 heavy (non-hydrogen) atoms. The summed E-state index contributed by atoms with van der Waals surface area (Å²) < 4.78 is 14.1. The molecule has 0 saturated heterocycles. The van der Waals surface area contributed by atoms with Crippen molar-refractivity contribution in [3.8, 4) is 0 Å². The quantitative estimate of drug-likeness (QED) is 0.881. The van der Waals surface area contributed by atoms with Gasteiger partial charge in [0.05, 0.1) is 5.69 Å². The molecule has 2 rings (SSSR count). The van der Waals surface area contributed by atoms with E-state index < -0.39 is 11.7 Å². The average Bonchev–Trinajstić information content (AvgIpc) is 2.83. The molecule has 0 aliphatic rings. The molecule has 5 nitrogen and oxygen atoms in total. The molecule has 0 radical (unpaired) electrons. The van der Waals surface area contributed by atoms with Crippen LogP contribution in [-0.2, 0) is 5.41 Å². The fraction of sp³-hybridized carbons (Fsp3) is 0.308. The molecule has 0 unspecified atom stereocenters. The average molecular weight is 341 g/mol. The lowest BCUT2D eigenvalue weighted by atomic mass is 9.96. The molecular weight excluding hydrogens is 327 g/mol. The number of aromatic amines is 1. The van der Waals surface area contributed by atoms with Crippen molar-refractivity contribution in [2.24, 2.45) is 0 Å². The molecule has 1 amide bonds. The maximum atomic E-state index is 13.6. The van der Waals surface area contributed by atoms with Crippen molar-refractivity contribution in [2.75, 3.05) is 5.32 Å². The monoisotopic (exact) mass is 340 g/mol. The van der Waals surface area contributed by atoms with Gasteiger partial charge in [-0.05, 0) is 28.1 Å². The number of hydrogen-bond acceptors (Lipinski definition) is 3. The van der Waals surface area contributed by atoms with Gasteiger partial charge in [0.15, 0.2) is 0 Å². The number of benzene rings is 1. The third-order valence-corrected chi connectivity index (χ3v) is 3.26. The number of carbonyl (C=O) groups is 1. The van der Waals surface area contributed by atoms with Gasteiger partial charge in [0.25, 0.3) is 5.91 Å². The van der Waals surface area contributed by atoms with E-state index in [1.165, 1.54) is 6.07 Å². The highest BCUT2D eigenvalue weighted by molar-refractivity contribution is 9.10. The van der Waals surface area contributed by atoms with Gasteiger partial charge in [-0.1, -0.05) is 26.8 Å². The van der Waals surface area contributed by atoms with E-state index in [0.29, 0.717) is 10.3 Å². The number of nitrogens with one attached hydrogen (secondary N) is 2. The third-order valence-electron chi connectivity index (χ3n) is 2.60. The number of carbonyl (C=O) groups excluding carboxylic acids is 1. The largest absolute Gasteiger partial charge is 0.316 e. The van der Waals surface area contributed by atoms with E-state index >= 15 is 0 Å². The third kappa shape index (κ3) is 3.04. The van der Waals surface area contributed by atoms with Crippen LogP contribution >= 0.6 is 15.9 Å². The van der Waals surface area contributed by atoms with Gasteiger partial charge >= 0.3 is 0 Å². The van der Waals surface area contributed by atoms with Crippen molar-refractivity contribution in [3.05, 3.63) is 40.1 Å². The Labute approximate surface area is 124 Å². The van der Waals surface area contributed by atoms with Crippen LogP contribution in [0.5, 0.6) is 0 Å². The molecule has 0 fully saturated rings. The Morgan fingerprint density at radius 2 is 2.10 bits per heavy atom. The van der Waals surface area contributed by atoms with Gasteiger partial charge in [-0.2, -0.15) is 0 Å². The Kier molecular flexibility index (Phi) is 3.89. The summed E-state index contributed by atoms with van der Waals surface area (Å²) in [5, 5.41) is 9.02. The van der Waals surface area contributed by atoms with Crippen LogP contribution in [0.1, 0.15) is 37.2 Å². The summed E-state index contributed by atoms with van der Waals surface area (Å²) in [5.74, 6) is -0.526. The first-order chi connectivity index (χ1) is 9.29. The lowest BCUT2D eigenvalue weighted by molar-refractivity contribution is 0.101. The summed E-state index contributed by atoms with van der Waals surface area (Å²) in [6.45, 7) is 5.84. The van der Waals surface area contributed by atoms with Gasteiger partial charge in [-0.25, -0.2) is 9.37 Å². The Morgan fingerprint density at radius 1 is 1.40 bits per heavy atom. The number of para-hydroxylation sites is 1. The molecule has 2 N–H and O–H groups in total. The summed E-state index contributed by atoms with van der Waals surface area (Å²) in [6, 6.07) is 4.44. The molecule has 0 atom stereocenters. The fourth-order valence-corrected chi connectivity index (χ4v) is 1.93. The summed E-state index contributed by atoms with van der Waals surface area (Å²) in [6.07, 6.45) is 0. The Morgan fingerprint density at radius 3 is 2.65 bits per heavy atom. The standard InChI is InChI=1S/C13H14BrFN4O/c1-13(2,3)12-17-10(18-19-12)11(20)16-9-7(14)5-4-6-8(9)15/h4-6H,1-3H3,(H,16,20)(H,17,18,19). The number of halogens is 2. The molecule has 0 aliphatic heterocycles. The highest BCUT2D eigenvalue weighted by Gasteiger charge is 2.22. The number of amides is 1. The fourth-order valence-electron chi connectivity index (χ4n) is 1.49. The van der Waals surface area contributed by atoms with Crippen LogP contribution in [0.2, 0.25) is 0 Å². The van der Waals surface area contributed by atoms with Crippen LogP contribution in [0, 0.1) is 5.82 Å². The first-order valence-corrected chi connectivity index (χ1v) is 6.76. The van der Waals surface area contributed by atoms with Crippen LogP contribution in [0.15, 0.2) is 22.7 Å². The zero-order valence-electron chi connectivity index (χ0n) is 11.3. The van der Waals surface area contributed by atoms with Crippen molar-refractivity contribution in [1.29, 1.82) is 0 Å². The summed E-state index contributed by atoms with van der Waals surface area (Å²) in [7, 11) is 0. The van der Waals surface area contributed by atoms with Crippen molar-refractivity contribution in [3.63, 3.8) is 0 Å². The molecule has 1 aromatic heterocycles. The molecule has 1 heterocycles. The first kappa shape index (κ1) is 14.6. The van der Waals surface area contributed by atoms with Crippen molar-refractivity contribution >= 4 is 27.5 Å². The Hall–Kier alpha value is -1.76. The number of nitrogens with zero attached hydrogens (tertiary/aromatic N) is 2. The van der Waals surface area contributed by atoms with Crippen LogP contribution in [0.3, 0.4) is 0 Å². The maximum absolute atomic E-state index is 13.6. The zero-order valence-corrected chi connectivity index (χ0v) is 12.9. The second-order valence-corrected chi connectivity index (χ2v) is 6.16. The smallest absolute Gasteiger partial charge is 0.295 e. The van der Waals surface area contributed by atoms with E-state index in [1.54, 1.807) is 12.1 Å². The summed E-state index contributed by atoms with van der Waals surface area (Å²) >= 11 is 3.18. The zero-order chi connectivity index (χ0) is 14.9. The van der Waals surface area contributed by atoms with Gasteiger partial charge in [0.2, 0.25) is 5.82 Å². The molecule has 1 aromatic carbocycles. The molecule has 0 bridgehead atoms. The van der Waals surface area contributed by atoms with Gasteiger partial charge in [0.1, 0.15) is 11.6 Å². The normalized spacial score (nSPS) is 11.4. The van der Waals surface area contributed by atoms with Crippen LogP contribution in [0.25, 0.3) is 0 Å². The minimum Gasteiger partial charge on any atom is -0.316 e. The van der Waals surface area contributed by atoms with Crippen molar-refractivity contribution in [2.45, 2.75) is 26.2 Å².